The first-order chi connectivity index (χ1) is 15.0. The summed E-state index contributed by atoms with van der Waals surface area (Å²) >= 11 is 20.4. The molecule has 2 aromatic carbocycles. The van der Waals surface area contributed by atoms with Crippen LogP contribution in [0.3, 0.4) is 0 Å². The molecule has 1 aromatic heterocycles. The maximum atomic E-state index is 12.9. The number of carbonyl (C=O) groups excluding carboxylic acids is 1. The van der Waals surface area contributed by atoms with E-state index in [1.807, 2.05) is 24.3 Å². The van der Waals surface area contributed by atoms with Crippen LogP contribution in [0.25, 0.3) is 10.2 Å². The van der Waals surface area contributed by atoms with Gasteiger partial charge in [0.25, 0.3) is 16.0 Å². The molecule has 0 aliphatic carbocycles. The van der Waals surface area contributed by atoms with E-state index in [1.165, 1.54) is 27.3 Å². The molecule has 32 heavy (non-hydrogen) atoms. The van der Waals surface area contributed by atoms with Gasteiger partial charge in [0.15, 0.2) is 16.2 Å². The first-order valence-electron chi connectivity index (χ1n) is 9.18. The molecule has 0 bridgehead atoms. The molecule has 3 heterocycles. The summed E-state index contributed by atoms with van der Waals surface area (Å²) in [6, 6.07) is 9.82. The lowest BCUT2D eigenvalue weighted by Gasteiger charge is -2.55. The number of alkyl halides is 1. The lowest BCUT2D eigenvalue weighted by molar-refractivity contribution is -0.126. The van der Waals surface area contributed by atoms with Crippen LogP contribution in [-0.2, 0) is 14.9 Å². The first-order valence-corrected chi connectivity index (χ1v) is 12.6. The van der Waals surface area contributed by atoms with Gasteiger partial charge in [0, 0.05) is 12.1 Å². The van der Waals surface area contributed by atoms with E-state index in [0.717, 1.165) is 16.3 Å². The molecule has 1 amide bonds. The number of carbonyl (C=O) groups is 1. The highest BCUT2D eigenvalue weighted by Gasteiger charge is 2.67. The number of rotatable bonds is 3. The Kier molecular flexibility index (Phi) is 4.97. The molecule has 3 aromatic rings. The largest absolute Gasteiger partial charge is 0.296 e. The molecule has 2 atom stereocenters. The number of aromatic nitrogens is 1. The molecule has 1 fully saturated rings. The van der Waals surface area contributed by atoms with Gasteiger partial charge in [-0.25, -0.2) is 9.99 Å². The maximum absolute atomic E-state index is 12.9. The molecule has 5 rings (SSSR count). The summed E-state index contributed by atoms with van der Waals surface area (Å²) in [5, 5.41) is 5.23. The zero-order chi connectivity index (χ0) is 23.0. The van der Waals surface area contributed by atoms with Crippen LogP contribution in [0, 0.1) is 0 Å². The fraction of sp³-hybridized carbons (Fsp3) is 0.211. The van der Waals surface area contributed by atoms with Crippen LogP contribution in [-0.4, -0.2) is 40.6 Å². The van der Waals surface area contributed by atoms with Crippen molar-refractivity contribution in [2.75, 3.05) is 9.91 Å². The number of hydrazone groups is 1. The fourth-order valence-electron chi connectivity index (χ4n) is 4.02. The van der Waals surface area contributed by atoms with Gasteiger partial charge in [0.1, 0.15) is 4.90 Å². The molecule has 1 N–H and O–H groups in total. The average molecular weight is 532 g/mol. The summed E-state index contributed by atoms with van der Waals surface area (Å²) in [4.78, 5) is 18.5. The van der Waals surface area contributed by atoms with Crippen molar-refractivity contribution in [3.63, 3.8) is 0 Å². The number of hydrogen-bond donors (Lipinski definition) is 1. The van der Waals surface area contributed by atoms with Crippen molar-refractivity contribution in [2.24, 2.45) is 5.10 Å². The van der Waals surface area contributed by atoms with Crippen LogP contribution < -0.4 is 9.91 Å². The van der Waals surface area contributed by atoms with Crippen molar-refractivity contribution in [1.29, 1.82) is 0 Å². The summed E-state index contributed by atoms with van der Waals surface area (Å²) in [7, 11) is -4.59. The number of fused-ring (bicyclic) bond motifs is 1. The Morgan fingerprint density at radius 1 is 1.22 bits per heavy atom. The molecule has 1 spiro atoms. The van der Waals surface area contributed by atoms with E-state index in [2.05, 4.69) is 10.1 Å². The minimum Gasteiger partial charge on any atom is -0.282 e. The van der Waals surface area contributed by atoms with Crippen molar-refractivity contribution in [1.82, 2.24) is 4.98 Å². The Balaban J connectivity index is 1.66. The smallest absolute Gasteiger partial charge is 0.282 e. The van der Waals surface area contributed by atoms with Gasteiger partial charge in [-0.15, -0.1) is 11.6 Å². The molecular weight excluding hydrogens is 519 g/mol. The van der Waals surface area contributed by atoms with Gasteiger partial charge >= 0.3 is 0 Å². The highest BCUT2D eigenvalue weighted by atomic mass is 35.5. The van der Waals surface area contributed by atoms with E-state index in [-0.39, 0.29) is 21.6 Å². The van der Waals surface area contributed by atoms with Crippen LogP contribution in [0.5, 0.6) is 0 Å². The van der Waals surface area contributed by atoms with Crippen LogP contribution in [0.15, 0.2) is 46.4 Å². The highest BCUT2D eigenvalue weighted by Crippen LogP contribution is 2.52. The Bertz CT molecular complexity index is 1410. The van der Waals surface area contributed by atoms with E-state index in [4.69, 9.17) is 34.8 Å². The normalized spacial score (nSPS) is 23.2. The molecule has 0 saturated carbocycles. The molecule has 0 radical (unpaired) electrons. The number of β-lactam (4-membered cyclic amide) rings is 1. The second kappa shape index (κ2) is 7.28. The quantitative estimate of drug-likeness (QED) is 0.296. The van der Waals surface area contributed by atoms with Gasteiger partial charge in [-0.1, -0.05) is 46.7 Å². The van der Waals surface area contributed by atoms with Gasteiger partial charge < -0.3 is 0 Å². The summed E-state index contributed by atoms with van der Waals surface area (Å²) in [6.45, 7) is 1.78. The molecule has 1 saturated heterocycles. The Hall–Kier alpha value is -1.95. The standard InChI is InChI=1S/C19H13Cl3N4O4S2/c1-9-8-19(26(24-9)13-6-11(21)15(7-10(13)20)32(28,29)30)16(22)17(27)25(19)18-23-12-4-2-3-5-14(12)31-18/h2-7,16H,8H2,1H3,(H,28,29,30). The van der Waals surface area contributed by atoms with Gasteiger partial charge in [0.05, 0.1) is 25.9 Å². The Morgan fingerprint density at radius 2 is 1.94 bits per heavy atom. The van der Waals surface area contributed by atoms with Gasteiger partial charge in [0.2, 0.25) is 0 Å². The zero-order valence-corrected chi connectivity index (χ0v) is 20.1. The number of halogens is 3. The molecule has 2 unspecified atom stereocenters. The second-order valence-corrected chi connectivity index (χ2v) is 11.1. The van der Waals surface area contributed by atoms with E-state index in [0.29, 0.717) is 17.3 Å². The highest BCUT2D eigenvalue weighted by molar-refractivity contribution is 7.86. The fourth-order valence-corrected chi connectivity index (χ4v) is 6.76. The number of anilines is 2. The number of nitrogens with zero attached hydrogens (tertiary/aromatic N) is 4. The third kappa shape index (κ3) is 3.05. The van der Waals surface area contributed by atoms with Gasteiger partial charge in [-0.2, -0.15) is 13.5 Å². The minimum atomic E-state index is -4.59. The van der Waals surface area contributed by atoms with Crippen molar-refractivity contribution >= 4 is 88.9 Å². The number of hydrogen-bond acceptors (Lipinski definition) is 7. The SMILES string of the molecule is CC1=NN(c2cc(Cl)c(S(=O)(=O)O)cc2Cl)C2(C1)C(Cl)C(=O)N2c1nc2ccccc2s1. The summed E-state index contributed by atoms with van der Waals surface area (Å²) in [5.74, 6) is -0.336. The number of benzene rings is 2. The second-order valence-electron chi connectivity index (χ2n) is 7.41. The van der Waals surface area contributed by atoms with Crippen molar-refractivity contribution < 1.29 is 17.8 Å². The number of amides is 1. The summed E-state index contributed by atoms with van der Waals surface area (Å²) < 4.78 is 33.5. The van der Waals surface area contributed by atoms with Crippen LogP contribution in [0.2, 0.25) is 10.0 Å². The third-order valence-corrected chi connectivity index (χ3v) is 8.54. The molecule has 2 aliphatic heterocycles. The topological polar surface area (TPSA) is 103 Å². The third-order valence-electron chi connectivity index (χ3n) is 5.37. The van der Waals surface area contributed by atoms with Crippen LogP contribution >= 0.6 is 46.1 Å². The monoisotopic (exact) mass is 530 g/mol. The lowest BCUT2D eigenvalue weighted by Crippen LogP contribution is -2.78. The molecule has 166 valence electrons. The van der Waals surface area contributed by atoms with E-state index >= 15 is 0 Å². The lowest BCUT2D eigenvalue weighted by atomic mass is 9.88. The molecule has 8 nitrogen and oxygen atoms in total. The van der Waals surface area contributed by atoms with Crippen molar-refractivity contribution in [3.05, 3.63) is 46.4 Å². The summed E-state index contributed by atoms with van der Waals surface area (Å²) in [5.41, 5.74) is 0.531. The van der Waals surface area contributed by atoms with Gasteiger partial charge in [-0.05, 0) is 31.2 Å². The van der Waals surface area contributed by atoms with E-state index in [9.17, 15) is 17.8 Å². The zero-order valence-electron chi connectivity index (χ0n) is 16.2. The minimum absolute atomic E-state index is 0.0349. The van der Waals surface area contributed by atoms with E-state index < -0.39 is 26.1 Å². The Labute approximate surface area is 201 Å². The average Bonchev–Trinajstić information content (AvgIpc) is 3.30. The summed E-state index contributed by atoms with van der Waals surface area (Å²) in [6.07, 6.45) is 0.316. The maximum Gasteiger partial charge on any atom is 0.296 e. The Morgan fingerprint density at radius 3 is 2.62 bits per heavy atom. The van der Waals surface area contributed by atoms with Crippen LogP contribution in [0.1, 0.15) is 13.3 Å². The molecule has 2 aliphatic rings. The predicted octanol–water partition coefficient (Wildman–Crippen LogP) is 4.79. The number of para-hydroxylation sites is 1. The molecule has 13 heteroatoms. The number of thiazole rings is 1. The van der Waals surface area contributed by atoms with Crippen LogP contribution in [0.4, 0.5) is 10.8 Å². The predicted molar refractivity (Wildman–Crippen MR) is 126 cm³/mol. The van der Waals surface area contributed by atoms with Crippen molar-refractivity contribution in [3.8, 4) is 0 Å². The van der Waals surface area contributed by atoms with E-state index in [1.54, 1.807) is 6.92 Å². The first kappa shape index (κ1) is 21.9. The van der Waals surface area contributed by atoms with Gasteiger partial charge in [-0.3, -0.25) is 14.2 Å². The molecular formula is C19H13Cl3N4O4S2. The van der Waals surface area contributed by atoms with Crippen molar-refractivity contribution in [2.45, 2.75) is 29.3 Å².